The molecule has 19 heavy (non-hydrogen) atoms. The quantitative estimate of drug-likeness (QED) is 0.825. The molecule has 1 heterocycles. The average Bonchev–Trinajstić information content (AvgIpc) is 2.77. The summed E-state index contributed by atoms with van der Waals surface area (Å²) in [7, 11) is 1.96. The molecule has 0 saturated carbocycles. The normalized spacial score (nSPS) is 12.9. The number of nitrogens with one attached hydrogen (secondary N) is 1. The van der Waals surface area contributed by atoms with Gasteiger partial charge < -0.3 is 5.32 Å². The molecule has 1 N–H and O–H groups in total. The van der Waals surface area contributed by atoms with Crippen LogP contribution in [0.3, 0.4) is 0 Å². The molecule has 0 fully saturated rings. The molecule has 1 aromatic carbocycles. The van der Waals surface area contributed by atoms with Crippen LogP contribution in [0.25, 0.3) is 10.4 Å². The highest BCUT2D eigenvalue weighted by atomic mass is 35.5. The fraction of sp³-hybridized carbons (Fsp3) is 0.333. The van der Waals surface area contributed by atoms with Gasteiger partial charge in [0.1, 0.15) is 5.82 Å². The summed E-state index contributed by atoms with van der Waals surface area (Å²) in [6.07, 6.45) is 0. The lowest BCUT2D eigenvalue weighted by atomic mass is 10.0. The van der Waals surface area contributed by atoms with Gasteiger partial charge in [-0.1, -0.05) is 25.4 Å². The molecule has 1 nitrogen and oxygen atoms in total. The Hall–Kier alpha value is -0.900. The summed E-state index contributed by atoms with van der Waals surface area (Å²) >= 11 is 7.58. The van der Waals surface area contributed by atoms with E-state index in [1.165, 1.54) is 17.0 Å². The van der Waals surface area contributed by atoms with Crippen LogP contribution in [0.5, 0.6) is 0 Å². The second kappa shape index (κ2) is 6.04. The zero-order valence-electron chi connectivity index (χ0n) is 11.2. The van der Waals surface area contributed by atoms with Gasteiger partial charge in [0, 0.05) is 20.8 Å². The minimum Gasteiger partial charge on any atom is -0.312 e. The van der Waals surface area contributed by atoms with Crippen LogP contribution in [0.2, 0.25) is 5.02 Å². The Morgan fingerprint density at radius 2 is 1.95 bits per heavy atom. The second-order valence-corrected chi connectivity index (χ2v) is 6.42. The molecule has 0 aliphatic rings. The number of hydrogen-bond donors (Lipinski definition) is 1. The van der Waals surface area contributed by atoms with Gasteiger partial charge in [0.15, 0.2) is 0 Å². The van der Waals surface area contributed by atoms with E-state index in [-0.39, 0.29) is 5.82 Å². The van der Waals surface area contributed by atoms with Gasteiger partial charge in [-0.25, -0.2) is 4.39 Å². The summed E-state index contributed by atoms with van der Waals surface area (Å²) in [5, 5.41) is 3.75. The van der Waals surface area contributed by atoms with E-state index in [4.69, 9.17) is 11.6 Å². The highest BCUT2D eigenvalue weighted by molar-refractivity contribution is 7.15. The molecule has 0 aliphatic carbocycles. The maximum Gasteiger partial charge on any atom is 0.125 e. The number of rotatable bonds is 4. The van der Waals surface area contributed by atoms with E-state index in [1.807, 2.05) is 13.1 Å². The molecule has 4 heteroatoms. The summed E-state index contributed by atoms with van der Waals surface area (Å²) in [5.41, 5.74) is 0.833. The first-order valence-corrected chi connectivity index (χ1v) is 7.44. The van der Waals surface area contributed by atoms with E-state index in [0.29, 0.717) is 17.0 Å². The Morgan fingerprint density at radius 3 is 2.53 bits per heavy atom. The van der Waals surface area contributed by atoms with Crippen molar-refractivity contribution in [2.24, 2.45) is 5.92 Å². The highest BCUT2D eigenvalue weighted by Gasteiger charge is 2.16. The number of benzene rings is 1. The molecule has 2 aromatic rings. The van der Waals surface area contributed by atoms with E-state index in [9.17, 15) is 4.39 Å². The lowest BCUT2D eigenvalue weighted by Gasteiger charge is -2.18. The monoisotopic (exact) mass is 297 g/mol. The Balaban J connectivity index is 2.35. The lowest BCUT2D eigenvalue weighted by Crippen LogP contribution is -2.20. The first-order valence-electron chi connectivity index (χ1n) is 6.24. The van der Waals surface area contributed by atoms with Crippen molar-refractivity contribution in [1.82, 2.24) is 5.32 Å². The largest absolute Gasteiger partial charge is 0.312 e. The van der Waals surface area contributed by atoms with Crippen molar-refractivity contribution in [3.8, 4) is 10.4 Å². The van der Waals surface area contributed by atoms with Crippen LogP contribution in [0.1, 0.15) is 24.8 Å². The molecule has 0 bridgehead atoms. The average molecular weight is 298 g/mol. The maximum absolute atomic E-state index is 13.4. The Labute approximate surface area is 122 Å². The summed E-state index contributed by atoms with van der Waals surface area (Å²) in [6.45, 7) is 4.36. The van der Waals surface area contributed by atoms with Gasteiger partial charge in [0.25, 0.3) is 0 Å². The molecular formula is C15H17ClFNS. The number of thiophene rings is 1. The molecule has 0 radical (unpaired) electrons. The van der Waals surface area contributed by atoms with Gasteiger partial charge in [-0.3, -0.25) is 0 Å². The predicted molar refractivity (Wildman–Crippen MR) is 81.4 cm³/mol. The molecular weight excluding hydrogens is 281 g/mol. The van der Waals surface area contributed by atoms with Crippen molar-refractivity contribution in [3.05, 3.63) is 46.0 Å². The lowest BCUT2D eigenvalue weighted by molar-refractivity contribution is 0.449. The zero-order chi connectivity index (χ0) is 14.0. The SMILES string of the molecule is CNC(c1ccc(-c2cc(F)cc(Cl)c2)s1)C(C)C. The van der Waals surface area contributed by atoms with Crippen LogP contribution in [0.15, 0.2) is 30.3 Å². The fourth-order valence-electron chi connectivity index (χ4n) is 2.18. The van der Waals surface area contributed by atoms with Crippen LogP contribution >= 0.6 is 22.9 Å². The third-order valence-electron chi connectivity index (χ3n) is 3.06. The van der Waals surface area contributed by atoms with Gasteiger partial charge in [-0.05, 0) is 48.9 Å². The van der Waals surface area contributed by atoms with Crippen LogP contribution in [0, 0.1) is 11.7 Å². The fourth-order valence-corrected chi connectivity index (χ4v) is 3.68. The highest BCUT2D eigenvalue weighted by Crippen LogP contribution is 2.35. The maximum atomic E-state index is 13.4. The summed E-state index contributed by atoms with van der Waals surface area (Å²) in [5.74, 6) is 0.207. The summed E-state index contributed by atoms with van der Waals surface area (Å²) in [4.78, 5) is 2.30. The molecule has 102 valence electrons. The zero-order valence-corrected chi connectivity index (χ0v) is 12.8. The number of halogens is 2. The molecule has 0 spiro atoms. The second-order valence-electron chi connectivity index (χ2n) is 4.87. The van der Waals surface area contributed by atoms with E-state index >= 15 is 0 Å². The topological polar surface area (TPSA) is 12.0 Å². The minimum atomic E-state index is -0.300. The Kier molecular flexibility index (Phi) is 4.61. The Bertz CT molecular complexity index is 545. The number of hydrogen-bond acceptors (Lipinski definition) is 2. The summed E-state index contributed by atoms with van der Waals surface area (Å²) < 4.78 is 13.4. The van der Waals surface area contributed by atoms with Crippen LogP contribution in [0.4, 0.5) is 4.39 Å². The van der Waals surface area contributed by atoms with Crippen LogP contribution in [-0.4, -0.2) is 7.05 Å². The van der Waals surface area contributed by atoms with E-state index in [0.717, 1.165) is 10.4 Å². The molecule has 2 rings (SSSR count). The van der Waals surface area contributed by atoms with Gasteiger partial charge in [-0.2, -0.15) is 0 Å². The van der Waals surface area contributed by atoms with Crippen molar-refractivity contribution in [2.45, 2.75) is 19.9 Å². The van der Waals surface area contributed by atoms with Crippen LogP contribution < -0.4 is 5.32 Å². The van der Waals surface area contributed by atoms with Gasteiger partial charge in [-0.15, -0.1) is 11.3 Å². The molecule has 0 aliphatic heterocycles. The van der Waals surface area contributed by atoms with Crippen molar-refractivity contribution in [2.75, 3.05) is 7.05 Å². The molecule has 1 unspecified atom stereocenters. The smallest absolute Gasteiger partial charge is 0.125 e. The van der Waals surface area contributed by atoms with Crippen LogP contribution in [-0.2, 0) is 0 Å². The molecule has 1 aromatic heterocycles. The third kappa shape index (κ3) is 3.35. The van der Waals surface area contributed by atoms with Crippen molar-refractivity contribution >= 4 is 22.9 Å². The van der Waals surface area contributed by atoms with Gasteiger partial charge in [0.2, 0.25) is 0 Å². The molecule has 0 amide bonds. The van der Waals surface area contributed by atoms with Crippen molar-refractivity contribution in [1.29, 1.82) is 0 Å². The first-order chi connectivity index (χ1) is 9.01. The van der Waals surface area contributed by atoms with Crippen molar-refractivity contribution < 1.29 is 4.39 Å². The first kappa shape index (κ1) is 14.5. The summed E-state index contributed by atoms with van der Waals surface area (Å²) in [6, 6.07) is 9.08. The van der Waals surface area contributed by atoms with E-state index < -0.39 is 0 Å². The van der Waals surface area contributed by atoms with E-state index in [2.05, 4.69) is 25.2 Å². The van der Waals surface area contributed by atoms with Crippen molar-refractivity contribution in [3.63, 3.8) is 0 Å². The Morgan fingerprint density at radius 1 is 1.21 bits per heavy atom. The third-order valence-corrected chi connectivity index (χ3v) is 4.49. The minimum absolute atomic E-state index is 0.300. The molecule has 1 atom stereocenters. The molecule has 0 saturated heterocycles. The van der Waals surface area contributed by atoms with Gasteiger partial charge >= 0.3 is 0 Å². The van der Waals surface area contributed by atoms with Gasteiger partial charge in [0.05, 0.1) is 0 Å². The standard InChI is InChI=1S/C15H17ClFNS/c1-9(2)15(18-3)14-5-4-13(19-14)10-6-11(16)8-12(17)7-10/h4-9,15,18H,1-3H3. The predicted octanol–water partition coefficient (Wildman–Crippen LogP) is 5.12. The van der Waals surface area contributed by atoms with E-state index in [1.54, 1.807) is 17.4 Å².